The highest BCUT2D eigenvalue weighted by Crippen LogP contribution is 2.04. The topological polar surface area (TPSA) is 40.5 Å². The number of hydrogen-bond donors (Lipinski definition) is 1. The summed E-state index contributed by atoms with van der Waals surface area (Å²) in [5.41, 5.74) is 1.12. The largest absolute Gasteiger partial charge is 0.396 e. The normalized spacial score (nSPS) is 10.0. The molecule has 1 rings (SSSR count). The Morgan fingerprint density at radius 1 is 1.33 bits per heavy atom. The fourth-order valence-corrected chi connectivity index (χ4v) is 1.37. The van der Waals surface area contributed by atoms with Crippen LogP contribution in [0.5, 0.6) is 0 Å². The lowest BCUT2D eigenvalue weighted by Crippen LogP contribution is -2.26. The first-order valence-electron chi connectivity index (χ1n) is 5.13. The Kier molecular flexibility index (Phi) is 4.84. The summed E-state index contributed by atoms with van der Waals surface area (Å²) in [4.78, 5) is 13.2. The number of hydrogen-bond acceptors (Lipinski definition) is 2. The van der Waals surface area contributed by atoms with E-state index in [0.29, 0.717) is 19.4 Å². The van der Waals surface area contributed by atoms with E-state index in [1.54, 1.807) is 11.9 Å². The van der Waals surface area contributed by atoms with Crippen molar-refractivity contribution in [3.05, 3.63) is 35.9 Å². The second-order valence-corrected chi connectivity index (χ2v) is 3.56. The van der Waals surface area contributed by atoms with Gasteiger partial charge in [-0.1, -0.05) is 30.3 Å². The van der Waals surface area contributed by atoms with Gasteiger partial charge in [-0.15, -0.1) is 0 Å². The number of nitrogens with zero attached hydrogens (tertiary/aromatic N) is 1. The highest BCUT2D eigenvalue weighted by molar-refractivity contribution is 5.75. The van der Waals surface area contributed by atoms with Crippen LogP contribution in [0.4, 0.5) is 0 Å². The van der Waals surface area contributed by atoms with Crippen LogP contribution >= 0.6 is 0 Å². The van der Waals surface area contributed by atoms with Crippen molar-refractivity contribution < 1.29 is 9.90 Å². The van der Waals surface area contributed by atoms with Crippen LogP contribution in [0.3, 0.4) is 0 Å². The van der Waals surface area contributed by atoms with E-state index in [4.69, 9.17) is 5.11 Å². The zero-order valence-electron chi connectivity index (χ0n) is 9.02. The molecule has 0 aromatic heterocycles. The first kappa shape index (κ1) is 11.7. The average molecular weight is 207 g/mol. The van der Waals surface area contributed by atoms with E-state index >= 15 is 0 Å². The summed E-state index contributed by atoms with van der Waals surface area (Å²) in [5, 5.41) is 8.62. The predicted octanol–water partition coefficient (Wildman–Crippen LogP) is 1.42. The maximum Gasteiger partial charge on any atom is 0.222 e. The lowest BCUT2D eigenvalue weighted by molar-refractivity contribution is -0.130. The number of aliphatic hydroxyl groups excluding tert-OH is 1. The molecule has 0 radical (unpaired) electrons. The number of carbonyl (C=O) groups excluding carboxylic acids is 1. The van der Waals surface area contributed by atoms with Gasteiger partial charge >= 0.3 is 0 Å². The smallest absolute Gasteiger partial charge is 0.222 e. The fraction of sp³-hybridized carbons (Fsp3) is 0.417. The van der Waals surface area contributed by atoms with Crippen molar-refractivity contribution in [3.63, 3.8) is 0 Å². The van der Waals surface area contributed by atoms with Crippen molar-refractivity contribution in [2.45, 2.75) is 19.4 Å². The molecule has 0 saturated carbocycles. The Bertz CT molecular complexity index is 298. The van der Waals surface area contributed by atoms with Crippen LogP contribution in [0.2, 0.25) is 0 Å². The summed E-state index contributed by atoms with van der Waals surface area (Å²) in [6, 6.07) is 9.87. The molecule has 1 N–H and O–H groups in total. The van der Waals surface area contributed by atoms with Gasteiger partial charge in [-0.2, -0.15) is 0 Å². The highest BCUT2D eigenvalue weighted by Gasteiger charge is 2.07. The van der Waals surface area contributed by atoms with Crippen LogP contribution in [0.1, 0.15) is 18.4 Å². The first-order valence-corrected chi connectivity index (χ1v) is 5.13. The third-order valence-corrected chi connectivity index (χ3v) is 2.24. The summed E-state index contributed by atoms with van der Waals surface area (Å²) in [6.07, 6.45) is 0.956. The van der Waals surface area contributed by atoms with Crippen molar-refractivity contribution in [3.8, 4) is 0 Å². The lowest BCUT2D eigenvalue weighted by Gasteiger charge is -2.16. The predicted molar refractivity (Wildman–Crippen MR) is 59.2 cm³/mol. The average Bonchev–Trinajstić information content (AvgIpc) is 2.27. The summed E-state index contributed by atoms with van der Waals surface area (Å²) in [5.74, 6) is 0.0768. The van der Waals surface area contributed by atoms with E-state index < -0.39 is 0 Å². The van der Waals surface area contributed by atoms with Gasteiger partial charge in [0.1, 0.15) is 0 Å². The van der Waals surface area contributed by atoms with Gasteiger partial charge in [0.2, 0.25) is 5.91 Å². The maximum atomic E-state index is 11.5. The molecule has 1 aromatic rings. The molecule has 0 atom stereocenters. The Balaban J connectivity index is 2.41. The van der Waals surface area contributed by atoms with E-state index in [2.05, 4.69) is 0 Å². The molecule has 1 aromatic carbocycles. The molecule has 0 spiro atoms. The Labute approximate surface area is 90.3 Å². The Morgan fingerprint density at radius 2 is 2.00 bits per heavy atom. The van der Waals surface area contributed by atoms with Gasteiger partial charge in [0, 0.05) is 26.6 Å². The molecule has 3 nitrogen and oxygen atoms in total. The molecule has 0 aliphatic heterocycles. The molecule has 15 heavy (non-hydrogen) atoms. The van der Waals surface area contributed by atoms with Crippen molar-refractivity contribution in [1.29, 1.82) is 0 Å². The van der Waals surface area contributed by atoms with Crippen molar-refractivity contribution >= 4 is 5.91 Å². The van der Waals surface area contributed by atoms with Gasteiger partial charge in [0.05, 0.1) is 0 Å². The van der Waals surface area contributed by atoms with Gasteiger partial charge in [-0.3, -0.25) is 4.79 Å². The van der Waals surface area contributed by atoms with E-state index in [9.17, 15) is 4.79 Å². The summed E-state index contributed by atoms with van der Waals surface area (Å²) < 4.78 is 0. The van der Waals surface area contributed by atoms with Gasteiger partial charge in [0.15, 0.2) is 0 Å². The van der Waals surface area contributed by atoms with E-state index in [-0.39, 0.29) is 12.5 Å². The molecule has 1 amide bonds. The van der Waals surface area contributed by atoms with Crippen molar-refractivity contribution in [2.24, 2.45) is 0 Å². The zero-order valence-corrected chi connectivity index (χ0v) is 9.02. The van der Waals surface area contributed by atoms with Gasteiger partial charge < -0.3 is 10.0 Å². The monoisotopic (exact) mass is 207 g/mol. The first-order chi connectivity index (χ1) is 7.24. The fourth-order valence-electron chi connectivity index (χ4n) is 1.37. The Morgan fingerprint density at radius 3 is 2.60 bits per heavy atom. The third-order valence-electron chi connectivity index (χ3n) is 2.24. The van der Waals surface area contributed by atoms with Crippen molar-refractivity contribution in [1.82, 2.24) is 4.90 Å². The van der Waals surface area contributed by atoms with Crippen LogP contribution in [0.15, 0.2) is 30.3 Å². The van der Waals surface area contributed by atoms with Crippen LogP contribution in [0.25, 0.3) is 0 Å². The van der Waals surface area contributed by atoms with Crippen LogP contribution in [-0.4, -0.2) is 29.6 Å². The molecular formula is C12H17NO2. The van der Waals surface area contributed by atoms with Gasteiger partial charge in [-0.25, -0.2) is 0 Å². The molecule has 0 saturated heterocycles. The number of carbonyl (C=O) groups is 1. The third kappa shape index (κ3) is 4.13. The van der Waals surface area contributed by atoms with Gasteiger partial charge in [0.25, 0.3) is 0 Å². The molecule has 0 heterocycles. The molecule has 0 unspecified atom stereocenters. The highest BCUT2D eigenvalue weighted by atomic mass is 16.3. The SMILES string of the molecule is CN(Cc1ccccc1)C(=O)CCCO. The standard InChI is InChI=1S/C12H17NO2/c1-13(12(15)8-5-9-14)10-11-6-3-2-4-7-11/h2-4,6-7,14H,5,8-10H2,1H3. The number of aliphatic hydroxyl groups is 1. The number of rotatable bonds is 5. The van der Waals surface area contributed by atoms with Crippen LogP contribution < -0.4 is 0 Å². The van der Waals surface area contributed by atoms with Crippen LogP contribution in [-0.2, 0) is 11.3 Å². The number of benzene rings is 1. The van der Waals surface area contributed by atoms with Gasteiger partial charge in [-0.05, 0) is 12.0 Å². The van der Waals surface area contributed by atoms with E-state index in [1.807, 2.05) is 30.3 Å². The molecule has 3 heteroatoms. The molecule has 82 valence electrons. The summed E-state index contributed by atoms with van der Waals surface area (Å²) in [6.45, 7) is 0.704. The van der Waals surface area contributed by atoms with Crippen molar-refractivity contribution in [2.75, 3.05) is 13.7 Å². The molecule has 0 aliphatic rings. The lowest BCUT2D eigenvalue weighted by atomic mass is 10.2. The second kappa shape index (κ2) is 6.19. The number of amides is 1. The van der Waals surface area contributed by atoms with E-state index in [1.165, 1.54) is 0 Å². The molecule has 0 bridgehead atoms. The summed E-state index contributed by atoms with van der Waals surface area (Å²) in [7, 11) is 1.78. The molecule has 0 aliphatic carbocycles. The minimum Gasteiger partial charge on any atom is -0.396 e. The van der Waals surface area contributed by atoms with Crippen LogP contribution in [0, 0.1) is 0 Å². The molecular weight excluding hydrogens is 190 g/mol. The molecule has 0 fully saturated rings. The summed E-state index contributed by atoms with van der Waals surface area (Å²) >= 11 is 0. The zero-order chi connectivity index (χ0) is 11.1. The quantitative estimate of drug-likeness (QED) is 0.793. The second-order valence-electron chi connectivity index (χ2n) is 3.56. The Hall–Kier alpha value is -1.35. The minimum atomic E-state index is 0.0743. The maximum absolute atomic E-state index is 11.5. The minimum absolute atomic E-state index is 0.0743. The van der Waals surface area contributed by atoms with E-state index in [0.717, 1.165) is 5.56 Å².